The molecule has 0 bridgehead atoms. The molecule has 0 radical (unpaired) electrons. The first kappa shape index (κ1) is 13.1. The molecule has 1 N–H and O–H groups in total. The molecule has 0 aromatic carbocycles. The van der Waals surface area contributed by atoms with Crippen molar-refractivity contribution in [1.29, 1.82) is 0 Å². The van der Waals surface area contributed by atoms with E-state index in [-0.39, 0.29) is 5.69 Å². The predicted octanol–water partition coefficient (Wildman–Crippen LogP) is 2.52. The molecule has 0 aliphatic heterocycles. The summed E-state index contributed by atoms with van der Waals surface area (Å²) >= 11 is 0. The third-order valence-corrected chi connectivity index (χ3v) is 2.35. The summed E-state index contributed by atoms with van der Waals surface area (Å²) in [5.41, 5.74) is 0.293. The van der Waals surface area contributed by atoms with Crippen molar-refractivity contribution in [2.75, 3.05) is 0 Å². The number of hydrogen-bond acceptors (Lipinski definition) is 4. The molecule has 6 heteroatoms. The number of aromatic nitrogens is 2. The standard InChI is InChI=1S/C13H14N2O4/c1-13(2,3)19-12(18)15-7-6-8-10(15)5-4-9(14-8)11(16)17/h4-7H,1-3H3,(H,16,17). The van der Waals surface area contributed by atoms with Crippen molar-refractivity contribution in [1.82, 2.24) is 9.55 Å². The van der Waals surface area contributed by atoms with Crippen LogP contribution in [0.2, 0.25) is 0 Å². The fourth-order valence-electron chi connectivity index (χ4n) is 1.61. The molecule has 0 spiro atoms. The van der Waals surface area contributed by atoms with Gasteiger partial charge < -0.3 is 9.84 Å². The highest BCUT2D eigenvalue weighted by atomic mass is 16.6. The zero-order chi connectivity index (χ0) is 14.2. The van der Waals surface area contributed by atoms with Crippen LogP contribution in [-0.4, -0.2) is 32.3 Å². The Hall–Kier alpha value is -2.37. The average Bonchev–Trinajstić information content (AvgIpc) is 2.68. The van der Waals surface area contributed by atoms with Crippen LogP contribution in [0.1, 0.15) is 31.3 Å². The summed E-state index contributed by atoms with van der Waals surface area (Å²) in [6.07, 6.45) is 0.990. The van der Waals surface area contributed by atoms with Crippen molar-refractivity contribution < 1.29 is 19.4 Å². The number of carbonyl (C=O) groups excluding carboxylic acids is 1. The smallest absolute Gasteiger partial charge is 0.419 e. The minimum absolute atomic E-state index is 0.0607. The fraction of sp³-hybridized carbons (Fsp3) is 0.308. The lowest BCUT2D eigenvalue weighted by Gasteiger charge is -2.19. The van der Waals surface area contributed by atoms with Crippen LogP contribution in [0.15, 0.2) is 24.4 Å². The van der Waals surface area contributed by atoms with Gasteiger partial charge in [0.25, 0.3) is 0 Å². The number of aromatic carboxylic acids is 1. The van der Waals surface area contributed by atoms with E-state index in [0.29, 0.717) is 11.0 Å². The number of rotatable bonds is 1. The summed E-state index contributed by atoms with van der Waals surface area (Å²) in [5, 5.41) is 8.85. The summed E-state index contributed by atoms with van der Waals surface area (Å²) in [5.74, 6) is -1.10. The molecule has 0 fully saturated rings. The Balaban J connectivity index is 2.41. The minimum Gasteiger partial charge on any atom is -0.477 e. The van der Waals surface area contributed by atoms with Crippen LogP contribution >= 0.6 is 0 Å². The van der Waals surface area contributed by atoms with Crippen LogP contribution in [0, 0.1) is 0 Å². The zero-order valence-electron chi connectivity index (χ0n) is 10.9. The largest absolute Gasteiger partial charge is 0.477 e. The van der Waals surface area contributed by atoms with Gasteiger partial charge in [-0.1, -0.05) is 0 Å². The Bertz CT molecular complexity index is 652. The molecule has 0 saturated carbocycles. The molecule has 0 aliphatic carbocycles. The number of fused-ring (bicyclic) bond motifs is 1. The highest BCUT2D eigenvalue weighted by molar-refractivity contribution is 5.92. The van der Waals surface area contributed by atoms with E-state index in [4.69, 9.17) is 9.84 Å². The highest BCUT2D eigenvalue weighted by Gasteiger charge is 2.19. The highest BCUT2D eigenvalue weighted by Crippen LogP contribution is 2.17. The monoisotopic (exact) mass is 262 g/mol. The van der Waals surface area contributed by atoms with Crippen molar-refractivity contribution in [3.05, 3.63) is 30.1 Å². The van der Waals surface area contributed by atoms with Gasteiger partial charge in [-0.15, -0.1) is 0 Å². The van der Waals surface area contributed by atoms with Gasteiger partial charge in [0.05, 0.1) is 11.0 Å². The molecule has 100 valence electrons. The van der Waals surface area contributed by atoms with Crippen LogP contribution < -0.4 is 0 Å². The molecule has 2 aromatic heterocycles. The van der Waals surface area contributed by atoms with E-state index in [0.717, 1.165) is 0 Å². The Morgan fingerprint density at radius 1 is 1.26 bits per heavy atom. The number of carbonyl (C=O) groups is 2. The summed E-state index contributed by atoms with van der Waals surface area (Å²) in [6, 6.07) is 4.47. The molecule has 0 saturated heterocycles. The maximum absolute atomic E-state index is 12.0. The number of ether oxygens (including phenoxy) is 1. The lowest BCUT2D eigenvalue weighted by atomic mass is 10.2. The summed E-state index contributed by atoms with van der Waals surface area (Å²) in [7, 11) is 0. The van der Waals surface area contributed by atoms with Gasteiger partial charge >= 0.3 is 12.1 Å². The summed E-state index contributed by atoms with van der Waals surface area (Å²) in [4.78, 5) is 26.7. The van der Waals surface area contributed by atoms with Gasteiger partial charge in [0, 0.05) is 6.20 Å². The first-order chi connectivity index (χ1) is 8.78. The Kier molecular flexibility index (Phi) is 3.01. The van der Waals surface area contributed by atoms with Gasteiger partial charge in [-0.3, -0.25) is 4.57 Å². The van der Waals surface area contributed by atoms with Crippen LogP contribution in [0.3, 0.4) is 0 Å². The van der Waals surface area contributed by atoms with Gasteiger partial charge in [-0.25, -0.2) is 14.6 Å². The second kappa shape index (κ2) is 4.38. The van der Waals surface area contributed by atoms with E-state index in [1.54, 1.807) is 26.8 Å². The van der Waals surface area contributed by atoms with E-state index in [1.165, 1.54) is 22.9 Å². The molecule has 6 nitrogen and oxygen atoms in total. The summed E-state index contributed by atoms with van der Waals surface area (Å²) < 4.78 is 6.55. The third-order valence-electron chi connectivity index (χ3n) is 2.35. The number of nitrogens with zero attached hydrogens (tertiary/aromatic N) is 2. The van der Waals surface area contributed by atoms with Crippen molar-refractivity contribution in [3.63, 3.8) is 0 Å². The lowest BCUT2D eigenvalue weighted by molar-refractivity contribution is 0.0544. The van der Waals surface area contributed by atoms with Gasteiger partial charge in [0.15, 0.2) is 0 Å². The molecule has 0 aliphatic rings. The van der Waals surface area contributed by atoms with Crippen molar-refractivity contribution in [2.45, 2.75) is 26.4 Å². The first-order valence-electron chi connectivity index (χ1n) is 5.73. The number of hydrogen-bond donors (Lipinski definition) is 1. The topological polar surface area (TPSA) is 81.4 Å². The van der Waals surface area contributed by atoms with E-state index in [2.05, 4.69) is 4.98 Å². The summed E-state index contributed by atoms with van der Waals surface area (Å²) in [6.45, 7) is 5.33. The quantitative estimate of drug-likeness (QED) is 0.853. The van der Waals surface area contributed by atoms with Crippen molar-refractivity contribution >= 4 is 23.1 Å². The van der Waals surface area contributed by atoms with Gasteiger partial charge in [0.2, 0.25) is 0 Å². The van der Waals surface area contributed by atoms with E-state index >= 15 is 0 Å². The van der Waals surface area contributed by atoms with Crippen LogP contribution in [0.25, 0.3) is 11.0 Å². The van der Waals surface area contributed by atoms with E-state index in [9.17, 15) is 9.59 Å². The van der Waals surface area contributed by atoms with Crippen LogP contribution in [-0.2, 0) is 4.74 Å². The molecule has 0 unspecified atom stereocenters. The second-order valence-electron chi connectivity index (χ2n) is 5.07. The van der Waals surface area contributed by atoms with Gasteiger partial charge in [0.1, 0.15) is 11.3 Å². The predicted molar refractivity (Wildman–Crippen MR) is 68.3 cm³/mol. The maximum atomic E-state index is 12.0. The number of carboxylic acids is 1. The second-order valence-corrected chi connectivity index (χ2v) is 5.07. The fourth-order valence-corrected chi connectivity index (χ4v) is 1.61. The SMILES string of the molecule is CC(C)(C)OC(=O)n1ccc2nc(C(=O)O)ccc21. The van der Waals surface area contributed by atoms with Crippen molar-refractivity contribution in [2.24, 2.45) is 0 Å². The lowest BCUT2D eigenvalue weighted by Crippen LogP contribution is -2.26. The molecule has 2 aromatic rings. The van der Waals surface area contributed by atoms with E-state index in [1.807, 2.05) is 0 Å². The van der Waals surface area contributed by atoms with Gasteiger partial charge in [-0.05, 0) is 39.0 Å². The van der Waals surface area contributed by atoms with Crippen LogP contribution in [0.5, 0.6) is 0 Å². The Morgan fingerprint density at radius 3 is 2.53 bits per heavy atom. The van der Waals surface area contributed by atoms with Gasteiger partial charge in [-0.2, -0.15) is 0 Å². The number of pyridine rings is 1. The first-order valence-corrected chi connectivity index (χ1v) is 5.73. The molecule has 19 heavy (non-hydrogen) atoms. The molecule has 0 atom stereocenters. The molecule has 0 amide bonds. The Morgan fingerprint density at radius 2 is 1.95 bits per heavy atom. The molecular weight excluding hydrogens is 248 g/mol. The number of carboxylic acid groups (broad SMARTS) is 1. The molecular formula is C13H14N2O4. The zero-order valence-corrected chi connectivity index (χ0v) is 10.9. The molecule has 2 rings (SSSR count). The third kappa shape index (κ3) is 2.73. The van der Waals surface area contributed by atoms with Crippen LogP contribution in [0.4, 0.5) is 4.79 Å². The Labute approximate surface area is 109 Å². The minimum atomic E-state index is -1.10. The maximum Gasteiger partial charge on any atom is 0.419 e. The van der Waals surface area contributed by atoms with Crippen molar-refractivity contribution in [3.8, 4) is 0 Å². The van der Waals surface area contributed by atoms with E-state index < -0.39 is 17.7 Å². The normalized spacial score (nSPS) is 11.5. The molecule has 2 heterocycles. The average molecular weight is 262 g/mol.